The van der Waals surface area contributed by atoms with Crippen molar-refractivity contribution in [1.82, 2.24) is 18.8 Å². The van der Waals surface area contributed by atoms with E-state index in [4.69, 9.17) is 9.47 Å². The molecule has 4 rings (SSSR count). The van der Waals surface area contributed by atoms with Gasteiger partial charge in [0, 0.05) is 32.2 Å². The maximum Gasteiger partial charge on any atom is 0.282 e. The van der Waals surface area contributed by atoms with Crippen molar-refractivity contribution in [2.75, 3.05) is 46.0 Å². The zero-order chi connectivity index (χ0) is 18.7. The molecule has 2 fully saturated rings. The summed E-state index contributed by atoms with van der Waals surface area (Å²) in [5, 5.41) is 8.50. The van der Waals surface area contributed by atoms with Gasteiger partial charge in [0.1, 0.15) is 0 Å². The summed E-state index contributed by atoms with van der Waals surface area (Å²) in [5.74, 6) is 0.943. The highest BCUT2D eigenvalue weighted by atomic mass is 32.2. The number of nitrogens with zero attached hydrogens (tertiary/aromatic N) is 4. The van der Waals surface area contributed by atoms with Crippen molar-refractivity contribution in [2.24, 2.45) is 5.92 Å². The molecule has 150 valence electrons. The first-order valence-electron chi connectivity index (χ1n) is 9.94. The van der Waals surface area contributed by atoms with Gasteiger partial charge in [0.05, 0.1) is 25.5 Å². The summed E-state index contributed by atoms with van der Waals surface area (Å²) in [5.41, 5.74) is 2.37. The first kappa shape index (κ1) is 19.0. The number of piperidine rings is 1. The highest BCUT2D eigenvalue weighted by Gasteiger charge is 2.33. The molecule has 0 amide bonds. The minimum Gasteiger partial charge on any atom is -0.476 e. The molecule has 9 heteroatoms. The van der Waals surface area contributed by atoms with E-state index in [2.05, 4.69) is 10.2 Å². The molecular formula is C18H28N4O4S. The molecule has 2 saturated heterocycles. The standard InChI is InChI=1S/C18H28N4O4S/c23-27(24,22-9-11-25-12-10-22)21-7-5-15(6-8-21)14-26-18-13-16-3-1-2-4-17(16)19-20-18/h13,15H,1-12,14H2. The molecule has 0 radical (unpaired) electrons. The molecule has 0 spiro atoms. The van der Waals surface area contributed by atoms with Crippen LogP contribution in [0.2, 0.25) is 0 Å². The van der Waals surface area contributed by atoms with Crippen LogP contribution >= 0.6 is 0 Å². The summed E-state index contributed by atoms with van der Waals surface area (Å²) < 4.78 is 39.7. The van der Waals surface area contributed by atoms with Gasteiger partial charge in [0.2, 0.25) is 5.88 Å². The number of ether oxygens (including phenoxy) is 2. The van der Waals surface area contributed by atoms with Crippen LogP contribution in [0.15, 0.2) is 6.07 Å². The van der Waals surface area contributed by atoms with Crippen molar-refractivity contribution in [3.05, 3.63) is 17.3 Å². The minimum atomic E-state index is -3.36. The van der Waals surface area contributed by atoms with E-state index in [1.54, 1.807) is 4.31 Å². The average molecular weight is 397 g/mol. The van der Waals surface area contributed by atoms with Gasteiger partial charge in [-0.25, -0.2) is 0 Å². The van der Waals surface area contributed by atoms with Gasteiger partial charge >= 0.3 is 0 Å². The Morgan fingerprint density at radius 3 is 2.52 bits per heavy atom. The van der Waals surface area contributed by atoms with Crippen molar-refractivity contribution in [3.63, 3.8) is 0 Å². The van der Waals surface area contributed by atoms with E-state index >= 15 is 0 Å². The third-order valence-corrected chi connectivity index (χ3v) is 7.75. The molecule has 0 atom stereocenters. The third kappa shape index (κ3) is 4.42. The average Bonchev–Trinajstić information content (AvgIpc) is 2.73. The topological polar surface area (TPSA) is 84.9 Å². The lowest BCUT2D eigenvalue weighted by Crippen LogP contribution is -2.51. The van der Waals surface area contributed by atoms with Crippen LogP contribution in [0.25, 0.3) is 0 Å². The van der Waals surface area contributed by atoms with Crippen molar-refractivity contribution in [1.29, 1.82) is 0 Å². The highest BCUT2D eigenvalue weighted by molar-refractivity contribution is 7.86. The fourth-order valence-corrected chi connectivity index (χ4v) is 5.60. The van der Waals surface area contributed by atoms with Gasteiger partial charge in [0.25, 0.3) is 10.2 Å². The fourth-order valence-electron chi connectivity index (χ4n) is 3.99. The predicted octanol–water partition coefficient (Wildman–Crippen LogP) is 1.02. The second-order valence-corrected chi connectivity index (χ2v) is 9.46. The number of morpholine rings is 1. The Bertz CT molecular complexity index is 744. The Balaban J connectivity index is 1.27. The minimum absolute atomic E-state index is 0.346. The number of rotatable bonds is 5. The van der Waals surface area contributed by atoms with E-state index in [9.17, 15) is 8.42 Å². The molecule has 1 aromatic heterocycles. The lowest BCUT2D eigenvalue weighted by Gasteiger charge is -2.36. The summed E-state index contributed by atoms with van der Waals surface area (Å²) in [6, 6.07) is 2.03. The fraction of sp³-hybridized carbons (Fsp3) is 0.778. The number of aryl methyl sites for hydroxylation is 2. The molecule has 0 saturated carbocycles. The molecule has 8 nitrogen and oxygen atoms in total. The maximum atomic E-state index is 12.7. The molecule has 0 unspecified atom stereocenters. The molecule has 0 aromatic carbocycles. The monoisotopic (exact) mass is 396 g/mol. The lowest BCUT2D eigenvalue weighted by molar-refractivity contribution is 0.0688. The van der Waals surface area contributed by atoms with Crippen LogP contribution in [-0.2, 0) is 27.8 Å². The van der Waals surface area contributed by atoms with Crippen LogP contribution in [0.1, 0.15) is 36.9 Å². The van der Waals surface area contributed by atoms with Crippen LogP contribution in [-0.4, -0.2) is 73.2 Å². The Hall–Kier alpha value is -1.29. The Labute approximate surface area is 161 Å². The number of fused-ring (bicyclic) bond motifs is 1. The molecule has 2 aliphatic heterocycles. The van der Waals surface area contributed by atoms with Crippen LogP contribution in [0, 0.1) is 5.92 Å². The van der Waals surface area contributed by atoms with Gasteiger partial charge in [-0.05, 0) is 50.0 Å². The Kier molecular flexibility index (Phi) is 5.91. The summed E-state index contributed by atoms with van der Waals surface area (Å²) in [6.07, 6.45) is 6.07. The second-order valence-electron chi connectivity index (χ2n) is 7.53. The van der Waals surface area contributed by atoms with Crippen LogP contribution < -0.4 is 4.74 Å². The molecule has 3 heterocycles. The van der Waals surface area contributed by atoms with Gasteiger partial charge in [-0.1, -0.05) is 0 Å². The smallest absolute Gasteiger partial charge is 0.282 e. The number of aromatic nitrogens is 2. The summed E-state index contributed by atoms with van der Waals surface area (Å²) in [4.78, 5) is 0. The summed E-state index contributed by atoms with van der Waals surface area (Å²) in [6.45, 7) is 3.51. The molecule has 0 bridgehead atoms. The van der Waals surface area contributed by atoms with Crippen molar-refractivity contribution in [3.8, 4) is 5.88 Å². The van der Waals surface area contributed by atoms with E-state index in [0.29, 0.717) is 57.8 Å². The van der Waals surface area contributed by atoms with E-state index < -0.39 is 10.2 Å². The van der Waals surface area contributed by atoms with E-state index in [1.807, 2.05) is 6.07 Å². The summed E-state index contributed by atoms with van der Waals surface area (Å²) in [7, 11) is -3.36. The predicted molar refractivity (Wildman–Crippen MR) is 99.8 cm³/mol. The third-order valence-electron chi connectivity index (χ3n) is 5.71. The Morgan fingerprint density at radius 1 is 1.04 bits per heavy atom. The van der Waals surface area contributed by atoms with Gasteiger partial charge < -0.3 is 9.47 Å². The SMILES string of the molecule is O=S(=O)(N1CCOCC1)N1CCC(COc2cc3c(nn2)CCCC3)CC1. The van der Waals surface area contributed by atoms with E-state index in [1.165, 1.54) is 22.7 Å². The van der Waals surface area contributed by atoms with Crippen molar-refractivity contribution < 1.29 is 17.9 Å². The molecular weight excluding hydrogens is 368 g/mol. The molecule has 3 aliphatic rings. The zero-order valence-corrected chi connectivity index (χ0v) is 16.5. The largest absolute Gasteiger partial charge is 0.476 e. The first-order valence-corrected chi connectivity index (χ1v) is 11.3. The van der Waals surface area contributed by atoms with Gasteiger partial charge in [-0.2, -0.15) is 22.1 Å². The molecule has 1 aliphatic carbocycles. The highest BCUT2D eigenvalue weighted by Crippen LogP contribution is 2.24. The zero-order valence-electron chi connectivity index (χ0n) is 15.7. The second kappa shape index (κ2) is 8.38. The van der Waals surface area contributed by atoms with Crippen LogP contribution in [0.3, 0.4) is 0 Å². The Morgan fingerprint density at radius 2 is 1.74 bits per heavy atom. The van der Waals surface area contributed by atoms with Gasteiger partial charge in [-0.15, -0.1) is 5.10 Å². The van der Waals surface area contributed by atoms with Crippen molar-refractivity contribution in [2.45, 2.75) is 38.5 Å². The van der Waals surface area contributed by atoms with Crippen molar-refractivity contribution >= 4 is 10.2 Å². The quantitative estimate of drug-likeness (QED) is 0.739. The van der Waals surface area contributed by atoms with E-state index in [0.717, 1.165) is 31.4 Å². The van der Waals surface area contributed by atoms with Gasteiger partial charge in [0.15, 0.2) is 0 Å². The van der Waals surface area contributed by atoms with Crippen LogP contribution in [0.5, 0.6) is 5.88 Å². The number of hydrogen-bond acceptors (Lipinski definition) is 6. The first-order chi connectivity index (χ1) is 13.1. The molecule has 1 aromatic rings. The van der Waals surface area contributed by atoms with Gasteiger partial charge in [-0.3, -0.25) is 0 Å². The summed E-state index contributed by atoms with van der Waals surface area (Å²) >= 11 is 0. The molecule has 0 N–H and O–H groups in total. The van der Waals surface area contributed by atoms with Crippen LogP contribution in [0.4, 0.5) is 0 Å². The molecule has 27 heavy (non-hydrogen) atoms. The van der Waals surface area contributed by atoms with E-state index in [-0.39, 0.29) is 0 Å². The normalized spacial score (nSPS) is 23.1. The lowest BCUT2D eigenvalue weighted by atomic mass is 9.97. The number of hydrogen-bond donors (Lipinski definition) is 0. The maximum absolute atomic E-state index is 12.7.